The first-order valence-electron chi connectivity index (χ1n) is 7.58. The van der Waals surface area contributed by atoms with Crippen molar-refractivity contribution in [3.8, 4) is 0 Å². The summed E-state index contributed by atoms with van der Waals surface area (Å²) in [5.74, 6) is -0.0726. The minimum Gasteiger partial charge on any atom is -0.359 e. The molecule has 0 bridgehead atoms. The maximum Gasteiger partial charge on any atom is 0.270 e. The van der Waals surface area contributed by atoms with E-state index < -0.39 is 0 Å². The topological polar surface area (TPSA) is 54.3 Å². The molecule has 5 nitrogen and oxygen atoms in total. The van der Waals surface area contributed by atoms with Gasteiger partial charge in [-0.1, -0.05) is 11.6 Å². The molecule has 1 aromatic heterocycles. The summed E-state index contributed by atoms with van der Waals surface area (Å²) in [6.07, 6.45) is 0.731. The number of aryl methyl sites for hydroxylation is 2. The number of likely N-dealkylation sites (tertiary alicyclic amines) is 1. The number of hydrogen-bond donors (Lipinski definition) is 1. The van der Waals surface area contributed by atoms with Crippen molar-refractivity contribution in [3.05, 3.63) is 35.5 Å². The average Bonchev–Trinajstić information content (AvgIpc) is 3.11. The second-order valence-corrected chi connectivity index (χ2v) is 6.00. The van der Waals surface area contributed by atoms with Crippen LogP contribution in [0.25, 0.3) is 10.9 Å². The van der Waals surface area contributed by atoms with Crippen LogP contribution in [0.1, 0.15) is 22.5 Å². The number of nitrogens with zero attached hydrogens (tertiary/aromatic N) is 2. The summed E-state index contributed by atoms with van der Waals surface area (Å²) in [5.41, 5.74) is 2.91. The van der Waals surface area contributed by atoms with Crippen LogP contribution < -0.4 is 5.32 Å². The quantitative estimate of drug-likeness (QED) is 0.917. The van der Waals surface area contributed by atoms with Crippen LogP contribution in [-0.4, -0.2) is 41.4 Å². The van der Waals surface area contributed by atoms with Gasteiger partial charge >= 0.3 is 0 Å². The molecule has 22 heavy (non-hydrogen) atoms. The number of aromatic nitrogens is 1. The molecule has 1 aliphatic rings. The zero-order valence-electron chi connectivity index (χ0n) is 13.2. The van der Waals surface area contributed by atoms with Gasteiger partial charge in [-0.2, -0.15) is 0 Å². The van der Waals surface area contributed by atoms with Crippen LogP contribution >= 0.6 is 0 Å². The van der Waals surface area contributed by atoms with E-state index in [1.807, 2.05) is 36.7 Å². The van der Waals surface area contributed by atoms with E-state index in [0.717, 1.165) is 17.3 Å². The van der Waals surface area contributed by atoms with Crippen molar-refractivity contribution >= 4 is 22.7 Å². The largest absolute Gasteiger partial charge is 0.359 e. The Morgan fingerprint density at radius 2 is 2.05 bits per heavy atom. The van der Waals surface area contributed by atoms with Gasteiger partial charge in [0.15, 0.2) is 0 Å². The van der Waals surface area contributed by atoms with E-state index in [4.69, 9.17) is 0 Å². The molecule has 1 saturated heterocycles. The van der Waals surface area contributed by atoms with Gasteiger partial charge in [0.05, 0.1) is 5.92 Å². The minimum absolute atomic E-state index is 0.00255. The standard InChI is InChI=1S/C17H21N3O2/c1-11-4-5-14-13(8-11)9-15(19(14)3)17(22)20-7-6-12(10-20)16(21)18-2/h4-5,8-9,12H,6-7,10H2,1-3H3,(H,18,21). The van der Waals surface area contributed by atoms with Crippen LogP contribution in [-0.2, 0) is 11.8 Å². The van der Waals surface area contributed by atoms with Crippen LogP contribution in [0, 0.1) is 12.8 Å². The van der Waals surface area contributed by atoms with Gasteiger partial charge < -0.3 is 14.8 Å². The molecular weight excluding hydrogens is 278 g/mol. The summed E-state index contributed by atoms with van der Waals surface area (Å²) in [4.78, 5) is 26.2. The van der Waals surface area contributed by atoms with Crippen molar-refractivity contribution in [1.29, 1.82) is 0 Å². The lowest BCUT2D eigenvalue weighted by molar-refractivity contribution is -0.124. The van der Waals surface area contributed by atoms with Crippen molar-refractivity contribution in [2.24, 2.45) is 13.0 Å². The van der Waals surface area contributed by atoms with Crippen LogP contribution in [0.4, 0.5) is 0 Å². The van der Waals surface area contributed by atoms with E-state index >= 15 is 0 Å². The lowest BCUT2D eigenvalue weighted by atomic mass is 10.1. The van der Waals surface area contributed by atoms with Crippen LogP contribution in [0.3, 0.4) is 0 Å². The summed E-state index contributed by atoms with van der Waals surface area (Å²) < 4.78 is 1.93. The third kappa shape index (κ3) is 2.36. The fraction of sp³-hybridized carbons (Fsp3) is 0.412. The monoisotopic (exact) mass is 299 g/mol. The van der Waals surface area contributed by atoms with Crippen molar-refractivity contribution in [1.82, 2.24) is 14.8 Å². The number of amides is 2. The van der Waals surface area contributed by atoms with E-state index in [9.17, 15) is 9.59 Å². The van der Waals surface area contributed by atoms with Crippen LogP contribution in [0.15, 0.2) is 24.3 Å². The van der Waals surface area contributed by atoms with Crippen molar-refractivity contribution < 1.29 is 9.59 Å². The molecular formula is C17H21N3O2. The van der Waals surface area contributed by atoms with Gasteiger partial charge in [0.2, 0.25) is 5.91 Å². The maximum atomic E-state index is 12.8. The highest BCUT2D eigenvalue weighted by Gasteiger charge is 2.32. The summed E-state index contributed by atoms with van der Waals surface area (Å²) in [7, 11) is 3.55. The second-order valence-electron chi connectivity index (χ2n) is 6.00. The maximum absolute atomic E-state index is 12.8. The first-order valence-corrected chi connectivity index (χ1v) is 7.58. The Morgan fingerprint density at radius 3 is 2.77 bits per heavy atom. The van der Waals surface area contributed by atoms with Crippen LogP contribution in [0.2, 0.25) is 0 Å². The molecule has 1 N–H and O–H groups in total. The number of carbonyl (C=O) groups is 2. The molecule has 0 radical (unpaired) electrons. The molecule has 0 saturated carbocycles. The van der Waals surface area contributed by atoms with E-state index in [-0.39, 0.29) is 17.7 Å². The van der Waals surface area contributed by atoms with Gasteiger partial charge in [-0.05, 0) is 31.5 Å². The molecule has 0 aliphatic carbocycles. The Morgan fingerprint density at radius 1 is 1.27 bits per heavy atom. The van der Waals surface area contributed by atoms with Gasteiger partial charge in [-0.15, -0.1) is 0 Å². The minimum atomic E-state index is -0.0918. The molecule has 0 spiro atoms. The zero-order chi connectivity index (χ0) is 15.9. The van der Waals surface area contributed by atoms with Crippen molar-refractivity contribution in [3.63, 3.8) is 0 Å². The van der Waals surface area contributed by atoms with Gasteiger partial charge in [0.25, 0.3) is 5.91 Å². The molecule has 2 amide bonds. The van der Waals surface area contributed by atoms with Crippen molar-refractivity contribution in [2.45, 2.75) is 13.3 Å². The molecule has 1 atom stereocenters. The molecule has 3 rings (SSSR count). The molecule has 116 valence electrons. The molecule has 1 aromatic carbocycles. The predicted molar refractivity (Wildman–Crippen MR) is 85.7 cm³/mol. The Hall–Kier alpha value is -2.30. The number of rotatable bonds is 2. The van der Waals surface area contributed by atoms with Crippen LogP contribution in [0.5, 0.6) is 0 Å². The van der Waals surface area contributed by atoms with Gasteiger partial charge in [0.1, 0.15) is 5.69 Å². The first kappa shape index (κ1) is 14.6. The van der Waals surface area contributed by atoms with Gasteiger partial charge in [-0.25, -0.2) is 0 Å². The normalized spacial score (nSPS) is 18.0. The number of nitrogens with one attached hydrogen (secondary N) is 1. The average molecular weight is 299 g/mol. The molecule has 2 heterocycles. The molecule has 2 aromatic rings. The SMILES string of the molecule is CNC(=O)C1CCN(C(=O)c2cc3cc(C)ccc3n2C)C1. The van der Waals surface area contributed by atoms with E-state index in [1.165, 1.54) is 5.56 Å². The first-order chi connectivity index (χ1) is 10.5. The third-order valence-electron chi connectivity index (χ3n) is 4.51. The Bertz CT molecular complexity index is 748. The predicted octanol–water partition coefficient (Wildman–Crippen LogP) is 1.69. The smallest absolute Gasteiger partial charge is 0.270 e. The van der Waals surface area contributed by atoms with Gasteiger partial charge in [-0.3, -0.25) is 9.59 Å². The fourth-order valence-corrected chi connectivity index (χ4v) is 3.20. The highest BCUT2D eigenvalue weighted by atomic mass is 16.2. The summed E-state index contributed by atoms with van der Waals surface area (Å²) in [6.45, 7) is 3.18. The number of hydrogen-bond acceptors (Lipinski definition) is 2. The van der Waals surface area contributed by atoms with Gasteiger partial charge in [0, 0.05) is 38.1 Å². The summed E-state index contributed by atoms with van der Waals surface area (Å²) >= 11 is 0. The Kier molecular flexibility index (Phi) is 3.64. The highest BCUT2D eigenvalue weighted by Crippen LogP contribution is 2.24. The Labute approximate surface area is 129 Å². The molecule has 1 aliphatic heterocycles. The number of fused-ring (bicyclic) bond motifs is 1. The van der Waals surface area contributed by atoms with E-state index in [1.54, 1.807) is 11.9 Å². The van der Waals surface area contributed by atoms with E-state index in [2.05, 4.69) is 11.4 Å². The highest BCUT2D eigenvalue weighted by molar-refractivity contribution is 5.99. The lowest BCUT2D eigenvalue weighted by Crippen LogP contribution is -2.33. The number of benzene rings is 1. The number of carbonyl (C=O) groups excluding carboxylic acids is 2. The summed E-state index contributed by atoms with van der Waals surface area (Å²) in [5, 5.41) is 3.74. The fourth-order valence-electron chi connectivity index (χ4n) is 3.20. The lowest BCUT2D eigenvalue weighted by Gasteiger charge is -2.16. The summed E-state index contributed by atoms with van der Waals surface area (Å²) in [6, 6.07) is 8.12. The third-order valence-corrected chi connectivity index (χ3v) is 4.51. The Balaban J connectivity index is 1.87. The molecule has 1 fully saturated rings. The van der Waals surface area contributed by atoms with Crippen molar-refractivity contribution in [2.75, 3.05) is 20.1 Å². The zero-order valence-corrected chi connectivity index (χ0v) is 13.2. The molecule has 5 heteroatoms. The molecule has 1 unspecified atom stereocenters. The second kappa shape index (κ2) is 5.48. The van der Waals surface area contributed by atoms with E-state index in [0.29, 0.717) is 18.8 Å².